The molecule has 0 saturated carbocycles. The van der Waals surface area contributed by atoms with Crippen LogP contribution in [0, 0.1) is 11.0 Å². The molecular formula is C15H15ClF4N4O3S. The normalized spacial score (nSPS) is 12.8. The average Bonchev–Trinajstić information content (AvgIpc) is 2.93. The van der Waals surface area contributed by atoms with Crippen LogP contribution in [0.25, 0.3) is 5.69 Å². The predicted molar refractivity (Wildman–Crippen MR) is 94.1 cm³/mol. The summed E-state index contributed by atoms with van der Waals surface area (Å²) < 4.78 is 62.8. The van der Waals surface area contributed by atoms with Gasteiger partial charge < -0.3 is 10.1 Å². The highest BCUT2D eigenvalue weighted by atomic mass is 35.5. The Labute approximate surface area is 164 Å². The summed E-state index contributed by atoms with van der Waals surface area (Å²) in [5.74, 6) is -3.35. The third-order valence-electron chi connectivity index (χ3n) is 3.49. The lowest BCUT2D eigenvalue weighted by Gasteiger charge is -2.19. The summed E-state index contributed by atoms with van der Waals surface area (Å²) in [5, 5.41) is 15.1. The molecule has 0 spiro atoms. The van der Waals surface area contributed by atoms with Gasteiger partial charge >= 0.3 is 6.18 Å². The summed E-state index contributed by atoms with van der Waals surface area (Å²) in [7, 11) is -2.23. The number of pyridine rings is 1. The number of aromatic nitrogens is 3. The summed E-state index contributed by atoms with van der Waals surface area (Å²) in [5.41, 5.74) is 0.176. The van der Waals surface area contributed by atoms with Gasteiger partial charge in [-0.25, -0.2) is 9.07 Å². The van der Waals surface area contributed by atoms with Crippen molar-refractivity contribution in [1.29, 1.82) is 0 Å². The van der Waals surface area contributed by atoms with Crippen molar-refractivity contribution < 1.29 is 31.3 Å². The molecule has 1 amide bonds. The van der Waals surface area contributed by atoms with E-state index in [-0.39, 0.29) is 27.8 Å². The van der Waals surface area contributed by atoms with Crippen molar-refractivity contribution >= 4 is 34.0 Å². The van der Waals surface area contributed by atoms with Crippen molar-refractivity contribution in [2.75, 3.05) is 23.0 Å². The van der Waals surface area contributed by atoms with Gasteiger partial charge in [0.1, 0.15) is 17.1 Å². The first-order chi connectivity index (χ1) is 13.0. The molecule has 154 valence electrons. The molecule has 1 unspecified atom stereocenters. The largest absolute Gasteiger partial charge is 0.619 e. The summed E-state index contributed by atoms with van der Waals surface area (Å²) in [6.07, 6.45) is -1.94. The van der Waals surface area contributed by atoms with Crippen molar-refractivity contribution in [3.8, 4) is 5.69 Å². The first kappa shape index (κ1) is 22.1. The number of alkyl halides is 3. The van der Waals surface area contributed by atoms with E-state index in [2.05, 4.69) is 5.10 Å². The second-order valence-corrected chi connectivity index (χ2v) is 7.55. The van der Waals surface area contributed by atoms with E-state index in [1.165, 1.54) is 6.20 Å². The van der Waals surface area contributed by atoms with Crippen LogP contribution in [0.5, 0.6) is 0 Å². The number of nitrogens with zero attached hydrogens (tertiary/aromatic N) is 4. The highest BCUT2D eigenvalue weighted by molar-refractivity contribution is 7.85. The molecular weight excluding hydrogens is 428 g/mol. The molecule has 0 saturated heterocycles. The van der Waals surface area contributed by atoms with E-state index in [9.17, 15) is 31.8 Å². The molecule has 0 N–H and O–H groups in total. The van der Waals surface area contributed by atoms with E-state index in [4.69, 9.17) is 11.6 Å². The van der Waals surface area contributed by atoms with Gasteiger partial charge in [0.05, 0.1) is 6.20 Å². The fraction of sp³-hybridized carbons (Fsp3) is 0.400. The van der Waals surface area contributed by atoms with Gasteiger partial charge in [0, 0.05) is 35.6 Å². The van der Waals surface area contributed by atoms with E-state index >= 15 is 0 Å². The van der Waals surface area contributed by atoms with Gasteiger partial charge in [-0.15, -0.1) is 0 Å². The van der Waals surface area contributed by atoms with Gasteiger partial charge in [0.2, 0.25) is 18.3 Å². The van der Waals surface area contributed by atoms with Crippen molar-refractivity contribution in [3.63, 3.8) is 0 Å². The van der Waals surface area contributed by atoms with Crippen LogP contribution in [-0.2, 0) is 15.6 Å². The molecule has 0 aliphatic rings. The van der Waals surface area contributed by atoms with E-state index in [1.54, 1.807) is 6.92 Å². The average molecular weight is 443 g/mol. The summed E-state index contributed by atoms with van der Waals surface area (Å²) in [4.78, 5) is 13.5. The number of anilines is 1. The second kappa shape index (κ2) is 8.86. The standard InChI is InChI=1S/C15H15ClF4N4O3S/c1-2-23(13(25)3-4-28(27)9-15(18,19)20)12-8-24(21-14(12)16)11-5-10(17)6-22(26)7-11/h5-8H,2-4,9H2,1H3. The zero-order valence-corrected chi connectivity index (χ0v) is 16.0. The number of halogens is 5. The molecule has 13 heteroatoms. The predicted octanol–water partition coefficient (Wildman–Crippen LogP) is 2.35. The zero-order valence-electron chi connectivity index (χ0n) is 14.4. The number of amides is 1. The minimum atomic E-state index is -4.58. The number of hydrogen-bond donors (Lipinski definition) is 0. The van der Waals surface area contributed by atoms with Gasteiger partial charge in [0.25, 0.3) is 0 Å². The van der Waals surface area contributed by atoms with Crippen molar-refractivity contribution in [3.05, 3.63) is 40.8 Å². The Kier molecular flexibility index (Phi) is 6.99. The minimum absolute atomic E-state index is 0.0536. The number of rotatable bonds is 7. The van der Waals surface area contributed by atoms with E-state index in [0.717, 1.165) is 21.8 Å². The van der Waals surface area contributed by atoms with Crippen LogP contribution in [0.4, 0.5) is 23.2 Å². The number of hydrogen-bond acceptors (Lipinski definition) is 4. The number of carbonyl (C=O) groups excluding carboxylic acids is 1. The quantitative estimate of drug-likeness (QED) is 0.374. The maximum Gasteiger partial charge on any atom is 0.400 e. The van der Waals surface area contributed by atoms with Crippen LogP contribution in [0.15, 0.2) is 24.7 Å². The monoisotopic (exact) mass is 442 g/mol. The van der Waals surface area contributed by atoms with Crippen LogP contribution < -0.4 is 9.63 Å². The summed E-state index contributed by atoms with van der Waals surface area (Å²) in [6, 6.07) is 1.03. The lowest BCUT2D eigenvalue weighted by molar-refractivity contribution is -0.606. The van der Waals surface area contributed by atoms with Crippen LogP contribution in [0.2, 0.25) is 5.15 Å². The molecule has 1 atom stereocenters. The van der Waals surface area contributed by atoms with E-state index < -0.39 is 46.6 Å². The molecule has 0 bridgehead atoms. The topological polar surface area (TPSA) is 82.1 Å². The molecule has 28 heavy (non-hydrogen) atoms. The van der Waals surface area contributed by atoms with Crippen molar-refractivity contribution in [2.24, 2.45) is 0 Å². The van der Waals surface area contributed by atoms with Gasteiger partial charge in [-0.05, 0) is 6.92 Å². The summed E-state index contributed by atoms with van der Waals surface area (Å²) in [6.45, 7) is 1.72. The van der Waals surface area contributed by atoms with E-state index in [1.807, 2.05) is 0 Å². The van der Waals surface area contributed by atoms with Crippen LogP contribution in [-0.4, -0.2) is 44.1 Å². The Balaban J connectivity index is 2.16. The molecule has 0 radical (unpaired) electrons. The van der Waals surface area contributed by atoms with Crippen molar-refractivity contribution in [2.45, 2.75) is 19.5 Å². The lowest BCUT2D eigenvalue weighted by Crippen LogP contribution is -2.32. The Bertz CT molecular complexity index is 870. The molecule has 0 aromatic carbocycles. The molecule has 0 fully saturated rings. The third-order valence-corrected chi connectivity index (χ3v) is 5.07. The van der Waals surface area contributed by atoms with Crippen LogP contribution in [0.3, 0.4) is 0 Å². The Hall–Kier alpha value is -2.21. The second-order valence-electron chi connectivity index (χ2n) is 5.61. The Morgan fingerprint density at radius 2 is 2.11 bits per heavy atom. The van der Waals surface area contributed by atoms with E-state index in [0.29, 0.717) is 6.20 Å². The summed E-state index contributed by atoms with van der Waals surface area (Å²) >= 11 is 6.03. The van der Waals surface area contributed by atoms with Gasteiger partial charge in [-0.1, -0.05) is 11.6 Å². The first-order valence-electron chi connectivity index (χ1n) is 7.87. The van der Waals surface area contributed by atoms with Crippen molar-refractivity contribution in [1.82, 2.24) is 9.78 Å². The minimum Gasteiger partial charge on any atom is -0.619 e. The zero-order chi connectivity index (χ0) is 21.1. The Morgan fingerprint density at radius 3 is 2.68 bits per heavy atom. The van der Waals surface area contributed by atoms with Gasteiger partial charge in [-0.2, -0.15) is 23.0 Å². The molecule has 2 aromatic heterocycles. The fourth-order valence-corrected chi connectivity index (χ4v) is 3.50. The molecule has 0 aliphatic carbocycles. The third kappa shape index (κ3) is 5.89. The molecule has 7 nitrogen and oxygen atoms in total. The fourth-order valence-electron chi connectivity index (χ4n) is 2.36. The molecule has 0 aliphatic heterocycles. The van der Waals surface area contributed by atoms with Crippen LogP contribution >= 0.6 is 11.6 Å². The maximum absolute atomic E-state index is 13.4. The highest BCUT2D eigenvalue weighted by Crippen LogP contribution is 2.26. The molecule has 2 aromatic rings. The smallest absolute Gasteiger partial charge is 0.400 e. The molecule has 2 rings (SSSR count). The van der Waals surface area contributed by atoms with Gasteiger partial charge in [-0.3, -0.25) is 9.00 Å². The SMILES string of the molecule is CCN(C(=O)CCS(=O)CC(F)(F)F)c1cn(-c2cc(F)c[n+]([O-])c2)nc1Cl. The lowest BCUT2D eigenvalue weighted by atomic mass is 10.3. The van der Waals surface area contributed by atoms with Crippen LogP contribution in [0.1, 0.15) is 13.3 Å². The number of carbonyl (C=O) groups is 1. The highest BCUT2D eigenvalue weighted by Gasteiger charge is 2.31. The van der Waals surface area contributed by atoms with Gasteiger partial charge in [0.15, 0.2) is 11.0 Å². The molecule has 2 heterocycles. The maximum atomic E-state index is 13.4. The first-order valence-corrected chi connectivity index (χ1v) is 9.73. The Morgan fingerprint density at radius 1 is 1.43 bits per heavy atom.